The van der Waals surface area contributed by atoms with Gasteiger partial charge >= 0.3 is 75.7 Å². The van der Waals surface area contributed by atoms with Crippen LogP contribution in [-0.4, -0.2) is 25.7 Å². The van der Waals surface area contributed by atoms with Crippen molar-refractivity contribution in [2.45, 2.75) is 34.6 Å². The van der Waals surface area contributed by atoms with Crippen LogP contribution < -0.4 is 10.7 Å². The summed E-state index contributed by atoms with van der Waals surface area (Å²) >= 11 is 0. The summed E-state index contributed by atoms with van der Waals surface area (Å²) in [5.41, 5.74) is 7.25. The molecule has 0 atom stereocenters. The van der Waals surface area contributed by atoms with Crippen LogP contribution in [0.25, 0.3) is 33.4 Å². The van der Waals surface area contributed by atoms with E-state index in [0.29, 0.717) is 18.7 Å². The second-order valence-electron chi connectivity index (χ2n) is 8.05. The van der Waals surface area contributed by atoms with Crippen molar-refractivity contribution < 1.29 is 83.6 Å². The predicted molar refractivity (Wildman–Crippen MR) is 165 cm³/mol. The van der Waals surface area contributed by atoms with Crippen LogP contribution >= 0.6 is 0 Å². The van der Waals surface area contributed by atoms with Gasteiger partial charge in [0.2, 0.25) is 0 Å². The second-order valence-corrected chi connectivity index (χ2v) is 8.05. The summed E-state index contributed by atoms with van der Waals surface area (Å²) in [6, 6.07) is 15.9. The molecule has 266 valence electrons. The van der Waals surface area contributed by atoms with Gasteiger partial charge in [0, 0.05) is 47.4 Å². The van der Waals surface area contributed by atoms with Crippen LogP contribution in [0.2, 0.25) is 0 Å². The Kier molecular flexibility index (Phi) is 44.3. The number of nitrogens with one attached hydrogen (secondary N) is 1. The standard InChI is InChI=1S/C28H30N2O3.6CN.3Cu.Fe/c1-6-29-23-15-25-21(13-17(23)4)27(19-11-9-10-12-20(19)28(31)32-8-3)22-14-18(5)24(30-7-2)16-26(22)33-25;6*1-2;;;;/h9-16,29H,6-8H2,1-5H3;;;;;;;;;;/q;6*-1;3*+1;+2/p+1. The predicted octanol–water partition coefficient (Wildman–Crippen LogP) is 7.03. The second kappa shape index (κ2) is 36.3. The number of rotatable bonds is 6. The Hall–Kier alpha value is -4.58. The van der Waals surface area contributed by atoms with Gasteiger partial charge in [-0.3, -0.25) is 4.99 Å². The van der Waals surface area contributed by atoms with Gasteiger partial charge in [-0.05, 0) is 69.5 Å². The van der Waals surface area contributed by atoms with E-state index in [1.807, 2.05) is 50.2 Å². The van der Waals surface area contributed by atoms with Gasteiger partial charge in [0.25, 0.3) is 0 Å². The van der Waals surface area contributed by atoms with E-state index in [0.717, 1.165) is 62.1 Å². The van der Waals surface area contributed by atoms with E-state index in [4.69, 9.17) is 80.2 Å². The molecule has 0 fully saturated rings. The zero-order valence-corrected chi connectivity index (χ0v) is 30.8. The van der Waals surface area contributed by atoms with E-state index < -0.39 is 0 Å². The third kappa shape index (κ3) is 16.4. The maximum absolute atomic E-state index is 12.9. The fraction of sp³-hybridized carbons (Fsp3) is 0.235. The number of carbonyl (C=O) groups is 1. The zero-order valence-electron chi connectivity index (χ0n) is 27.9. The fourth-order valence-electron chi connectivity index (χ4n) is 4.29. The summed E-state index contributed by atoms with van der Waals surface area (Å²) in [5, 5.41) is 42.8. The first kappa shape index (κ1) is 59.8. The van der Waals surface area contributed by atoms with Crippen LogP contribution in [0, 0.1) is 84.9 Å². The number of esters is 1. The molecule has 1 aliphatic carbocycles. The summed E-state index contributed by atoms with van der Waals surface area (Å²) in [5.74, 6) is 0.408. The molecule has 0 radical (unpaired) electrons. The summed E-state index contributed by atoms with van der Waals surface area (Å²) in [6.07, 6.45) is 0. The van der Waals surface area contributed by atoms with Crippen molar-refractivity contribution in [2.75, 3.05) is 25.0 Å². The summed E-state index contributed by atoms with van der Waals surface area (Å²) in [7, 11) is 0. The first-order valence-electron chi connectivity index (χ1n) is 12.8. The quantitative estimate of drug-likeness (QED) is 0.0907. The molecule has 0 amide bonds. The summed E-state index contributed by atoms with van der Waals surface area (Å²) in [4.78, 5) is 17.5. The van der Waals surface area contributed by atoms with Gasteiger partial charge < -0.3 is 85.5 Å². The molecule has 1 aliphatic heterocycles. The molecule has 15 heteroatoms. The summed E-state index contributed by atoms with van der Waals surface area (Å²) in [6.45, 7) is 40.4. The van der Waals surface area contributed by atoms with Crippen molar-refractivity contribution >= 4 is 22.6 Å². The Bertz CT molecular complexity index is 1640. The molecule has 1 N–H and O–H groups in total. The van der Waals surface area contributed by atoms with Crippen molar-refractivity contribution in [1.82, 2.24) is 0 Å². The minimum Gasteiger partial charge on any atom is -0.512 e. The number of fused-ring (bicyclic) bond motifs is 2. The number of ether oxygens (including phenoxy) is 1. The maximum atomic E-state index is 12.9. The van der Waals surface area contributed by atoms with Crippen LogP contribution in [-0.2, 0) is 73.0 Å². The van der Waals surface area contributed by atoms with E-state index >= 15 is 0 Å². The first-order chi connectivity index (χ1) is 22.0. The van der Waals surface area contributed by atoms with Crippen molar-refractivity contribution in [3.05, 3.63) is 110 Å². The zero-order chi connectivity index (χ0) is 35.5. The molecule has 2 aliphatic rings. The molecule has 0 spiro atoms. The van der Waals surface area contributed by atoms with Gasteiger partial charge in [0.1, 0.15) is 11.3 Å². The minimum atomic E-state index is -0.328. The Morgan fingerprint density at radius 1 is 0.796 bits per heavy atom. The smallest absolute Gasteiger partial charge is 0.512 e. The number of nitrogens with zero attached hydrogens (tertiary/aromatic N) is 7. The van der Waals surface area contributed by atoms with Crippen molar-refractivity contribution in [1.29, 1.82) is 31.6 Å². The monoisotopic (exact) mass is 844 g/mol. The minimum absolute atomic E-state index is 0. The number of aryl methyl sites for hydroxylation is 2. The molecule has 2 aromatic carbocycles. The van der Waals surface area contributed by atoms with Crippen molar-refractivity contribution in [2.24, 2.45) is 4.99 Å². The number of hydrogen-bond donors (Lipinski definition) is 1. The number of anilines is 1. The van der Waals surface area contributed by atoms with E-state index in [1.165, 1.54) is 0 Å². The van der Waals surface area contributed by atoms with Crippen LogP contribution in [0.4, 0.5) is 5.69 Å². The molecule has 11 nitrogen and oxygen atoms in total. The van der Waals surface area contributed by atoms with Gasteiger partial charge in [-0.1, -0.05) is 18.2 Å². The Balaban J connectivity index is -0.000000157. The van der Waals surface area contributed by atoms with Gasteiger partial charge in [-0.15, -0.1) is 0 Å². The average molecular weight is 846 g/mol. The normalized spacial score (nSPS) is 8.22. The molecule has 0 saturated heterocycles. The van der Waals surface area contributed by atoms with Crippen LogP contribution in [0.1, 0.15) is 43.7 Å². The molecule has 49 heavy (non-hydrogen) atoms. The maximum Gasteiger partial charge on any atom is 2.00 e. The largest absolute Gasteiger partial charge is 2.00 e. The van der Waals surface area contributed by atoms with E-state index in [-0.39, 0.29) is 75.7 Å². The first-order valence-corrected chi connectivity index (χ1v) is 12.8. The Morgan fingerprint density at radius 2 is 1.33 bits per heavy atom. The van der Waals surface area contributed by atoms with Crippen LogP contribution in [0.5, 0.6) is 0 Å². The van der Waals surface area contributed by atoms with Crippen molar-refractivity contribution in [3.8, 4) is 22.5 Å². The Labute approximate surface area is 332 Å². The van der Waals surface area contributed by atoms with Gasteiger partial charge in [0.05, 0.1) is 17.5 Å². The van der Waals surface area contributed by atoms with Crippen LogP contribution in [0.3, 0.4) is 0 Å². The SMILES string of the molecule is CCN=c1cc2oc3cc(NCC)c(C)cc3c(-c3ccccc3C(=O)OCC)c-2cc1C.[C-]#N.[C-]#N.[C-]#N.[C-]#N.[C-]#N.[C-]#N.[Cu+].[Cu+].[Cu+].[Fe+2].[H+]. The number of carbonyl (C=O) groups excluding carboxylic acids is 1. The molecule has 1 heterocycles. The average Bonchev–Trinajstić information content (AvgIpc) is 3.10. The fourth-order valence-corrected chi connectivity index (χ4v) is 4.29. The van der Waals surface area contributed by atoms with E-state index in [9.17, 15) is 4.79 Å². The third-order valence-corrected chi connectivity index (χ3v) is 5.77. The summed E-state index contributed by atoms with van der Waals surface area (Å²) < 4.78 is 11.8. The molecule has 2 aromatic rings. The van der Waals surface area contributed by atoms with Gasteiger partial charge in [-0.25, -0.2) is 4.79 Å². The molecule has 0 saturated carbocycles. The third-order valence-electron chi connectivity index (χ3n) is 5.77. The number of benzene rings is 3. The molecule has 0 bridgehead atoms. The molecular formula is C34H31Cu3FeN8O3. The number of hydrogen-bond acceptors (Lipinski definition) is 11. The molecular weight excluding hydrogens is 815 g/mol. The van der Waals surface area contributed by atoms with E-state index in [1.54, 1.807) is 0 Å². The molecule has 0 unspecified atom stereocenters. The molecule has 0 aromatic heterocycles. The van der Waals surface area contributed by atoms with E-state index in [2.05, 4.69) is 43.2 Å². The van der Waals surface area contributed by atoms with Gasteiger partial charge in [0.15, 0.2) is 0 Å². The topological polar surface area (TPSA) is 207 Å². The molecule has 4 rings (SSSR count). The van der Waals surface area contributed by atoms with Gasteiger partial charge in [-0.2, -0.15) is 0 Å². The van der Waals surface area contributed by atoms with Crippen molar-refractivity contribution in [3.63, 3.8) is 0 Å². The Morgan fingerprint density at radius 3 is 1.82 bits per heavy atom. The van der Waals surface area contributed by atoms with Crippen LogP contribution in [0.15, 0.2) is 57.9 Å².